The van der Waals surface area contributed by atoms with Crippen molar-refractivity contribution < 1.29 is 26.4 Å². The molecule has 0 unspecified atom stereocenters. The maximum Gasteiger partial charge on any atom is 0.407 e. The highest BCUT2D eigenvalue weighted by molar-refractivity contribution is 7.90. The lowest BCUT2D eigenvalue weighted by molar-refractivity contribution is -0.161. The van der Waals surface area contributed by atoms with Crippen LogP contribution in [0.5, 0.6) is 0 Å². The lowest BCUT2D eigenvalue weighted by atomic mass is 9.93. The van der Waals surface area contributed by atoms with Crippen molar-refractivity contribution in [2.45, 2.75) is 43.4 Å². The molecule has 212 valence electrons. The molecular formula is C29H29ClF3N3O3S. The molecule has 0 aliphatic rings. The van der Waals surface area contributed by atoms with E-state index in [0.29, 0.717) is 27.3 Å². The quantitative estimate of drug-likeness (QED) is 0.269. The van der Waals surface area contributed by atoms with Gasteiger partial charge < -0.3 is 5.32 Å². The van der Waals surface area contributed by atoms with E-state index >= 15 is 0 Å². The van der Waals surface area contributed by atoms with Crippen LogP contribution in [0.4, 0.5) is 13.2 Å². The Morgan fingerprint density at radius 1 is 0.975 bits per heavy atom. The second-order valence-corrected chi connectivity index (χ2v) is 12.3. The van der Waals surface area contributed by atoms with E-state index in [9.17, 15) is 26.4 Å². The van der Waals surface area contributed by atoms with Gasteiger partial charge in [-0.25, -0.2) is 8.42 Å². The molecule has 0 aliphatic carbocycles. The first-order valence-corrected chi connectivity index (χ1v) is 14.7. The van der Waals surface area contributed by atoms with Crippen molar-refractivity contribution in [2.75, 3.05) is 12.8 Å². The molecule has 0 aromatic heterocycles. The number of carbonyl (C=O) groups is 1. The Morgan fingerprint density at radius 2 is 1.55 bits per heavy atom. The van der Waals surface area contributed by atoms with Gasteiger partial charge in [-0.15, -0.1) is 0 Å². The van der Waals surface area contributed by atoms with Crippen LogP contribution in [-0.4, -0.2) is 39.3 Å². The molecule has 0 radical (unpaired) electrons. The second kappa shape index (κ2) is 12.9. The molecule has 0 saturated heterocycles. The molecule has 11 heteroatoms. The minimum atomic E-state index is -4.71. The van der Waals surface area contributed by atoms with Crippen LogP contribution in [0.1, 0.15) is 31.9 Å². The number of sulfone groups is 1. The predicted molar refractivity (Wildman–Crippen MR) is 149 cm³/mol. The zero-order valence-corrected chi connectivity index (χ0v) is 23.7. The Labute approximate surface area is 237 Å². The molecule has 0 saturated carbocycles. The fourth-order valence-electron chi connectivity index (χ4n) is 4.28. The van der Waals surface area contributed by atoms with Crippen LogP contribution >= 0.6 is 11.6 Å². The Hall–Kier alpha value is -3.39. The van der Waals surface area contributed by atoms with Gasteiger partial charge in [0.25, 0.3) is 0 Å². The van der Waals surface area contributed by atoms with Gasteiger partial charge in [0, 0.05) is 11.3 Å². The molecule has 1 amide bonds. The zero-order valence-electron chi connectivity index (χ0n) is 22.1. The predicted octanol–water partition coefficient (Wildman–Crippen LogP) is 6.32. The summed E-state index contributed by atoms with van der Waals surface area (Å²) < 4.78 is 67.0. The van der Waals surface area contributed by atoms with Gasteiger partial charge in [-0.05, 0) is 64.4 Å². The Kier molecular flexibility index (Phi) is 10.0. The summed E-state index contributed by atoms with van der Waals surface area (Å²) in [5.41, 5.74) is 2.35. The molecule has 3 aromatic rings. The molecule has 2 atom stereocenters. The van der Waals surface area contributed by atoms with E-state index in [1.165, 1.54) is 36.4 Å². The highest BCUT2D eigenvalue weighted by Crippen LogP contribution is 2.38. The highest BCUT2D eigenvalue weighted by Gasteiger charge is 2.43. The first-order chi connectivity index (χ1) is 18.7. The third kappa shape index (κ3) is 8.07. The molecule has 40 heavy (non-hydrogen) atoms. The number of halogens is 4. The lowest BCUT2D eigenvalue weighted by Gasteiger charge is -2.28. The van der Waals surface area contributed by atoms with Crippen LogP contribution in [0.2, 0.25) is 5.02 Å². The monoisotopic (exact) mass is 591 g/mol. The smallest absolute Gasteiger partial charge is 0.342 e. The molecule has 0 bridgehead atoms. The molecular weight excluding hydrogens is 563 g/mol. The Balaban J connectivity index is 2.03. The van der Waals surface area contributed by atoms with Gasteiger partial charge in [-0.2, -0.15) is 18.4 Å². The number of amides is 1. The third-order valence-electron chi connectivity index (χ3n) is 6.19. The van der Waals surface area contributed by atoms with Gasteiger partial charge >= 0.3 is 6.18 Å². The fraction of sp³-hybridized carbons (Fsp3) is 0.310. The fourth-order valence-corrected chi connectivity index (χ4v) is 5.06. The topological polar surface area (TPSA) is 99.1 Å². The number of hydrogen-bond acceptors (Lipinski definition) is 5. The second-order valence-electron chi connectivity index (χ2n) is 9.81. The number of nitrogens with zero attached hydrogens (tertiary/aromatic N) is 1. The van der Waals surface area contributed by atoms with E-state index in [0.717, 1.165) is 6.26 Å². The summed E-state index contributed by atoms with van der Waals surface area (Å²) in [5, 5.41) is 14.0. The van der Waals surface area contributed by atoms with Gasteiger partial charge in [0.15, 0.2) is 9.84 Å². The number of hydrogen-bond donors (Lipinski definition) is 2. The summed E-state index contributed by atoms with van der Waals surface area (Å²) in [6.07, 6.45) is -3.48. The zero-order chi connectivity index (χ0) is 29.7. The van der Waals surface area contributed by atoms with Crippen molar-refractivity contribution in [1.29, 1.82) is 5.26 Å². The van der Waals surface area contributed by atoms with Gasteiger partial charge in [0.2, 0.25) is 5.91 Å². The maximum absolute atomic E-state index is 14.2. The van der Waals surface area contributed by atoms with E-state index in [-0.39, 0.29) is 29.3 Å². The first kappa shape index (κ1) is 31.1. The molecule has 0 fully saturated rings. The Morgan fingerprint density at radius 3 is 2.08 bits per heavy atom. The van der Waals surface area contributed by atoms with Gasteiger partial charge in [-0.1, -0.05) is 67.9 Å². The van der Waals surface area contributed by atoms with Crippen LogP contribution in [0.15, 0.2) is 71.6 Å². The summed E-state index contributed by atoms with van der Waals surface area (Å²) >= 11 is 6.02. The van der Waals surface area contributed by atoms with Crippen molar-refractivity contribution in [3.8, 4) is 28.3 Å². The minimum Gasteiger partial charge on any atom is -0.342 e. The molecule has 0 heterocycles. The summed E-state index contributed by atoms with van der Waals surface area (Å²) in [7, 11) is -3.52. The van der Waals surface area contributed by atoms with Crippen LogP contribution < -0.4 is 10.6 Å². The average molecular weight is 592 g/mol. The van der Waals surface area contributed by atoms with E-state index in [4.69, 9.17) is 16.9 Å². The molecule has 0 spiro atoms. The van der Waals surface area contributed by atoms with Crippen molar-refractivity contribution in [3.05, 3.63) is 77.3 Å². The number of rotatable bonds is 10. The summed E-state index contributed by atoms with van der Waals surface area (Å²) in [5.74, 6) is -0.762. The molecule has 2 N–H and O–H groups in total. The number of nitriles is 1. The number of benzene rings is 3. The normalized spacial score (nSPS) is 13.5. The lowest BCUT2D eigenvalue weighted by Crippen LogP contribution is -2.49. The van der Waals surface area contributed by atoms with E-state index in [1.807, 2.05) is 0 Å². The molecule has 6 nitrogen and oxygen atoms in total. The standard InChI is InChI=1S/C29H29ClF3N3O3S/c1-18(2)16-26(28(37)35-15-14-34)36-27(29(31,32)33)21-6-4-19(5-7-21)24-13-12-23(40(3,38)39)17-25(24)20-8-10-22(30)11-9-20/h4-13,17-18,26-27,36H,15-16H2,1-3H3,(H,35,37)/t26-,27-/m0/s1. The number of carbonyl (C=O) groups excluding carboxylic acids is 1. The van der Waals surface area contributed by atoms with Crippen molar-refractivity contribution in [3.63, 3.8) is 0 Å². The van der Waals surface area contributed by atoms with Crippen molar-refractivity contribution >= 4 is 27.3 Å². The Bertz CT molecular complexity index is 1480. The summed E-state index contributed by atoms with van der Waals surface area (Å²) in [4.78, 5) is 12.6. The van der Waals surface area contributed by atoms with Gasteiger partial charge in [0.05, 0.1) is 17.0 Å². The van der Waals surface area contributed by atoms with Crippen LogP contribution in [-0.2, 0) is 14.6 Å². The average Bonchev–Trinajstić information content (AvgIpc) is 2.88. The van der Waals surface area contributed by atoms with Crippen molar-refractivity contribution in [1.82, 2.24) is 10.6 Å². The highest BCUT2D eigenvalue weighted by atomic mass is 35.5. The minimum absolute atomic E-state index is 0.0807. The van der Waals surface area contributed by atoms with E-state index in [2.05, 4.69) is 10.6 Å². The molecule has 3 rings (SSSR count). The SMILES string of the molecule is CC(C)C[C@H](N[C@@H](c1ccc(-c2ccc(S(C)(=O)=O)cc2-c2ccc(Cl)cc2)cc1)C(F)(F)F)C(=O)NCC#N. The van der Waals surface area contributed by atoms with E-state index < -0.39 is 34.0 Å². The summed E-state index contributed by atoms with van der Waals surface area (Å²) in [6, 6.07) is 15.5. The van der Waals surface area contributed by atoms with Crippen LogP contribution in [0.25, 0.3) is 22.3 Å². The van der Waals surface area contributed by atoms with Gasteiger partial charge in [-0.3, -0.25) is 10.1 Å². The van der Waals surface area contributed by atoms with Gasteiger partial charge in [0.1, 0.15) is 12.6 Å². The van der Waals surface area contributed by atoms with Crippen LogP contribution in [0.3, 0.4) is 0 Å². The number of nitrogens with one attached hydrogen (secondary N) is 2. The molecule has 3 aromatic carbocycles. The maximum atomic E-state index is 14.2. The molecule has 0 aliphatic heterocycles. The van der Waals surface area contributed by atoms with E-state index in [1.54, 1.807) is 50.2 Å². The van der Waals surface area contributed by atoms with Crippen LogP contribution in [0, 0.1) is 17.2 Å². The number of alkyl halides is 3. The largest absolute Gasteiger partial charge is 0.407 e. The summed E-state index contributed by atoms with van der Waals surface area (Å²) in [6.45, 7) is 3.27. The van der Waals surface area contributed by atoms with Crippen molar-refractivity contribution in [2.24, 2.45) is 5.92 Å². The first-order valence-electron chi connectivity index (χ1n) is 12.4. The third-order valence-corrected chi connectivity index (χ3v) is 7.55.